The smallest absolute Gasteiger partial charge is 0.444 e. The molecule has 3 amide bonds. The molecule has 0 bridgehead atoms. The number of likely N-dealkylation sites (tertiary alicyclic amines) is 1. The summed E-state index contributed by atoms with van der Waals surface area (Å²) in [6.45, 7) is 2.97. The van der Waals surface area contributed by atoms with Crippen LogP contribution >= 0.6 is 7.82 Å². The van der Waals surface area contributed by atoms with E-state index in [1.807, 2.05) is 0 Å². The average Bonchev–Trinajstić information content (AvgIpc) is 3.69. The number of anilines is 2. The van der Waals surface area contributed by atoms with E-state index in [1.54, 1.807) is 42.2 Å². The Balaban J connectivity index is 1.30. The molecule has 1 saturated carbocycles. The summed E-state index contributed by atoms with van der Waals surface area (Å²) < 4.78 is 77.8. The minimum absolute atomic E-state index is 0.00601. The summed E-state index contributed by atoms with van der Waals surface area (Å²) in [5.74, 6) is -2.97. The third kappa shape index (κ3) is 9.84. The molecule has 6 rings (SSSR count). The minimum Gasteiger partial charge on any atom is -0.444 e. The number of phosphoric ester groups is 1. The van der Waals surface area contributed by atoms with Crippen LogP contribution in [0.25, 0.3) is 0 Å². The van der Waals surface area contributed by atoms with Gasteiger partial charge in [-0.3, -0.25) is 24.3 Å². The summed E-state index contributed by atoms with van der Waals surface area (Å²) in [4.78, 5) is 63.0. The van der Waals surface area contributed by atoms with Crippen molar-refractivity contribution in [3.63, 3.8) is 0 Å². The van der Waals surface area contributed by atoms with Crippen LogP contribution in [-0.2, 0) is 26.9 Å². The van der Waals surface area contributed by atoms with Gasteiger partial charge in [-0.25, -0.2) is 13.8 Å². The van der Waals surface area contributed by atoms with E-state index in [2.05, 4.69) is 9.84 Å². The number of benzene rings is 4. The predicted octanol–water partition coefficient (Wildman–Crippen LogP) is 9.25. The lowest BCUT2D eigenvalue weighted by molar-refractivity contribution is -0.138. The van der Waals surface area contributed by atoms with Crippen LogP contribution in [0.4, 0.5) is 33.7 Å². The Morgan fingerprint density at radius 1 is 0.895 bits per heavy atom. The fourth-order valence-corrected chi connectivity index (χ4v) is 8.05. The highest BCUT2D eigenvalue weighted by Crippen LogP contribution is 2.41. The Hall–Kier alpha value is -5.24. The number of rotatable bonds is 10. The van der Waals surface area contributed by atoms with Gasteiger partial charge in [-0.2, -0.15) is 13.2 Å². The second kappa shape index (κ2) is 17.1. The molecule has 2 atom stereocenters. The lowest BCUT2D eigenvalue weighted by Gasteiger charge is -2.41. The van der Waals surface area contributed by atoms with Crippen molar-refractivity contribution >= 4 is 37.1 Å². The summed E-state index contributed by atoms with van der Waals surface area (Å²) in [7, 11) is -4.74. The summed E-state index contributed by atoms with van der Waals surface area (Å²) in [6, 6.07) is 19.1. The van der Waals surface area contributed by atoms with Gasteiger partial charge in [-0.15, -0.1) is 0 Å². The number of aryl methyl sites for hydroxylation is 2. The van der Waals surface area contributed by atoms with Gasteiger partial charge in [0.15, 0.2) is 0 Å². The van der Waals surface area contributed by atoms with Crippen molar-refractivity contribution in [2.75, 3.05) is 16.8 Å². The van der Waals surface area contributed by atoms with Crippen molar-refractivity contribution in [3.8, 4) is 5.75 Å². The zero-order chi connectivity index (χ0) is 41.1. The molecule has 0 unspecified atom stereocenters. The average molecular weight is 812 g/mol. The fourth-order valence-electron chi connectivity index (χ4n) is 7.66. The summed E-state index contributed by atoms with van der Waals surface area (Å²) >= 11 is 0. The van der Waals surface area contributed by atoms with Gasteiger partial charge in [0.25, 0.3) is 5.91 Å². The number of ether oxygens (including phenoxy) is 1. The van der Waals surface area contributed by atoms with Crippen molar-refractivity contribution in [2.45, 2.75) is 77.2 Å². The first-order valence-electron chi connectivity index (χ1n) is 18.4. The molecule has 0 aromatic heterocycles. The van der Waals surface area contributed by atoms with Crippen molar-refractivity contribution in [1.29, 1.82) is 0 Å². The van der Waals surface area contributed by atoms with E-state index in [-0.39, 0.29) is 48.2 Å². The van der Waals surface area contributed by atoms with Crippen LogP contribution in [-0.4, -0.2) is 45.2 Å². The standard InChI is InChI=1S/C41H42F4N3O8P/c1-25-12-17-29(23-34(25)41(43,44)45)46-38(49)33-10-6-22-47(39(50)36-26(2)7-5-11-35(36)42)37(33)28-15-18-31(19-16-28)48(30-8-3-4-9-30)40(51)55-24-27-13-20-32(21-14-27)56-57(52,53)54/h5,7,11-21,23,30,33,37H,3-4,6,8-10,22,24H2,1-2H3,(H,46,49)(H2,52,53,54)/t33-,37-/m0/s1. The number of piperidine rings is 1. The Kier molecular flexibility index (Phi) is 12.4. The molecule has 4 aromatic carbocycles. The number of carbonyl (C=O) groups excluding carboxylic acids is 3. The highest BCUT2D eigenvalue weighted by Gasteiger charge is 2.41. The van der Waals surface area contributed by atoms with Crippen LogP contribution in [0.2, 0.25) is 0 Å². The topological polar surface area (TPSA) is 146 Å². The van der Waals surface area contributed by atoms with E-state index < -0.39 is 55.2 Å². The van der Waals surface area contributed by atoms with Gasteiger partial charge in [0, 0.05) is 24.0 Å². The first-order chi connectivity index (χ1) is 27.0. The van der Waals surface area contributed by atoms with E-state index >= 15 is 4.39 Å². The van der Waals surface area contributed by atoms with Crippen LogP contribution in [0.1, 0.15) is 82.7 Å². The Morgan fingerprint density at radius 2 is 1.58 bits per heavy atom. The van der Waals surface area contributed by atoms with Gasteiger partial charge in [-0.1, -0.05) is 55.3 Å². The third-order valence-corrected chi connectivity index (χ3v) is 10.8. The molecule has 1 heterocycles. The van der Waals surface area contributed by atoms with Crippen LogP contribution in [0.15, 0.2) is 84.9 Å². The number of amides is 3. The molecule has 4 aromatic rings. The molecule has 2 aliphatic rings. The number of hydrogen-bond acceptors (Lipinski definition) is 6. The van der Waals surface area contributed by atoms with Crippen LogP contribution in [0.3, 0.4) is 0 Å². The summed E-state index contributed by atoms with van der Waals surface area (Å²) in [5.41, 5.74) is 0.825. The predicted molar refractivity (Wildman–Crippen MR) is 203 cm³/mol. The monoisotopic (exact) mass is 811 g/mol. The molecule has 1 aliphatic heterocycles. The molecule has 3 N–H and O–H groups in total. The summed E-state index contributed by atoms with van der Waals surface area (Å²) in [5, 5.41) is 2.63. The van der Waals surface area contributed by atoms with E-state index in [4.69, 9.17) is 14.5 Å². The van der Waals surface area contributed by atoms with Gasteiger partial charge >= 0.3 is 20.1 Å². The van der Waals surface area contributed by atoms with Gasteiger partial charge in [0.2, 0.25) is 5.91 Å². The second-order valence-electron chi connectivity index (χ2n) is 14.3. The number of hydrogen-bond donors (Lipinski definition) is 3. The van der Waals surface area contributed by atoms with Gasteiger partial charge in [-0.05, 0) is 104 Å². The van der Waals surface area contributed by atoms with E-state index in [1.165, 1.54) is 60.4 Å². The van der Waals surface area contributed by atoms with Crippen LogP contribution < -0.4 is 14.7 Å². The first kappa shape index (κ1) is 41.4. The molecule has 11 nitrogen and oxygen atoms in total. The number of nitrogens with one attached hydrogen (secondary N) is 1. The highest BCUT2D eigenvalue weighted by molar-refractivity contribution is 7.46. The molecule has 2 fully saturated rings. The maximum Gasteiger partial charge on any atom is 0.524 e. The number of phosphoric acid groups is 1. The fraction of sp³-hybridized carbons (Fsp3) is 0.341. The molecule has 16 heteroatoms. The number of carbonyl (C=O) groups is 3. The van der Waals surface area contributed by atoms with Crippen molar-refractivity contribution in [3.05, 3.63) is 124 Å². The maximum absolute atomic E-state index is 15.2. The molecule has 57 heavy (non-hydrogen) atoms. The Bertz CT molecular complexity index is 2130. The van der Waals surface area contributed by atoms with Crippen molar-refractivity contribution in [1.82, 2.24) is 4.90 Å². The normalized spacial score (nSPS) is 17.6. The lowest BCUT2D eigenvalue weighted by Crippen LogP contribution is -2.47. The number of nitrogens with zero attached hydrogens (tertiary/aromatic N) is 2. The van der Waals surface area contributed by atoms with Crippen molar-refractivity contribution in [2.24, 2.45) is 5.92 Å². The van der Waals surface area contributed by atoms with Gasteiger partial charge in [0.05, 0.1) is 23.1 Å². The number of halogens is 4. The minimum atomic E-state index is -4.74. The SMILES string of the molecule is Cc1ccc(NC(=O)[C@H]2CCCN(C(=O)c3c(C)cccc3F)[C@H]2c2ccc(N(C(=O)OCc3ccc(OP(=O)(O)O)cc3)C3CCCC3)cc2)cc1C(F)(F)F. The molecule has 1 saturated heterocycles. The Labute approximate surface area is 326 Å². The third-order valence-electron chi connectivity index (χ3n) is 10.4. The second-order valence-corrected chi connectivity index (χ2v) is 15.5. The quantitative estimate of drug-likeness (QED) is 0.106. The van der Waals surface area contributed by atoms with Gasteiger partial charge < -0.3 is 19.5 Å². The van der Waals surface area contributed by atoms with E-state index in [0.29, 0.717) is 28.8 Å². The zero-order valence-electron chi connectivity index (χ0n) is 31.2. The molecular formula is C41H42F4N3O8P. The van der Waals surface area contributed by atoms with Crippen molar-refractivity contribution < 1.29 is 55.6 Å². The van der Waals surface area contributed by atoms with Crippen LogP contribution in [0.5, 0.6) is 5.75 Å². The van der Waals surface area contributed by atoms with E-state index in [9.17, 15) is 32.1 Å². The number of alkyl halides is 3. The van der Waals surface area contributed by atoms with Crippen LogP contribution in [0, 0.1) is 25.6 Å². The molecule has 302 valence electrons. The highest BCUT2D eigenvalue weighted by atomic mass is 31.2. The summed E-state index contributed by atoms with van der Waals surface area (Å²) in [6.07, 6.45) is -1.41. The Morgan fingerprint density at radius 3 is 2.21 bits per heavy atom. The van der Waals surface area contributed by atoms with E-state index in [0.717, 1.165) is 31.7 Å². The maximum atomic E-state index is 15.2. The molecule has 1 aliphatic carbocycles. The van der Waals surface area contributed by atoms with Gasteiger partial charge in [0.1, 0.15) is 18.2 Å². The largest absolute Gasteiger partial charge is 0.524 e. The lowest BCUT2D eigenvalue weighted by atomic mass is 9.83. The molecular weight excluding hydrogens is 769 g/mol. The molecule has 0 spiro atoms. The zero-order valence-corrected chi connectivity index (χ0v) is 32.1. The molecule has 0 radical (unpaired) electrons. The first-order valence-corrected chi connectivity index (χ1v) is 20.0.